The number of rotatable bonds is 7. The van der Waals surface area contributed by atoms with Crippen molar-refractivity contribution in [2.24, 2.45) is 12.2 Å². The van der Waals surface area contributed by atoms with Gasteiger partial charge < -0.3 is 35.6 Å². The van der Waals surface area contributed by atoms with E-state index in [9.17, 15) is 29.1 Å². The van der Waals surface area contributed by atoms with Crippen LogP contribution in [0.5, 0.6) is 0 Å². The van der Waals surface area contributed by atoms with Crippen molar-refractivity contribution in [3.05, 3.63) is 58.5 Å². The number of nitrogens with two attached hydrogens (primary N) is 1. The predicted octanol–water partition coefficient (Wildman–Crippen LogP) is -1.33. The number of hydrogen-bond donors (Lipinski definition) is 2. The average Bonchev–Trinajstić information content (AvgIpc) is 3.51. The molecule has 5 heterocycles. The van der Waals surface area contributed by atoms with Gasteiger partial charge in [0.05, 0.1) is 17.7 Å². The van der Waals surface area contributed by atoms with Gasteiger partial charge in [0, 0.05) is 30.5 Å². The van der Waals surface area contributed by atoms with Gasteiger partial charge in [0.15, 0.2) is 23.2 Å². The number of amides is 3. The number of pyridine rings is 1. The van der Waals surface area contributed by atoms with Gasteiger partial charge in [-0.25, -0.2) is 14.3 Å². The Morgan fingerprint density at radius 2 is 2.10 bits per heavy atom. The standard InChI is InChI=1S/C26H25N7O7S/c1-13(34)40-30-19(17-12-41-26(27)28-17)22(35)29-20-18-6-5-14(21(25(38)39)33(18)24(20)37)10-15-7-9-32(23(15)36)16-4-3-8-31(2)11-16/h3-4,8,10-12,18,20H,5-7,9H2,1-2H3,(H3-,27,28,29,35,38,39)/b15-10+,30-19-/t18-,20+/m1/s1. The number of allylic oxidation sites excluding steroid dienone is 2. The maximum absolute atomic E-state index is 13.1. The molecule has 2 fully saturated rings. The SMILES string of the molecule is CC(=O)O/N=C(\C(=O)N[C@@H]1C(=O)N2C(C(=O)[O-])=C(/C=C3\CCN(c4ccc[n+](C)c4)C3=O)CC[C@H]12)c1csc(N)n1. The lowest BCUT2D eigenvalue weighted by Crippen LogP contribution is -2.72. The molecule has 212 valence electrons. The number of nitrogens with zero attached hydrogens (tertiary/aromatic N) is 5. The van der Waals surface area contributed by atoms with Crippen LogP contribution in [0.2, 0.25) is 0 Å². The van der Waals surface area contributed by atoms with Crippen LogP contribution in [0.4, 0.5) is 10.8 Å². The highest BCUT2D eigenvalue weighted by Gasteiger charge is 2.52. The summed E-state index contributed by atoms with van der Waals surface area (Å²) >= 11 is 1.04. The van der Waals surface area contributed by atoms with Crippen LogP contribution in [0.25, 0.3) is 0 Å². The second kappa shape index (κ2) is 10.9. The van der Waals surface area contributed by atoms with E-state index in [1.54, 1.807) is 4.90 Å². The number of nitrogens with one attached hydrogen (secondary N) is 1. The second-order valence-electron chi connectivity index (χ2n) is 9.62. The summed E-state index contributed by atoms with van der Waals surface area (Å²) in [5.74, 6) is -4.10. The average molecular weight is 580 g/mol. The molecule has 2 atom stereocenters. The van der Waals surface area contributed by atoms with Crippen molar-refractivity contribution in [2.45, 2.75) is 38.3 Å². The summed E-state index contributed by atoms with van der Waals surface area (Å²) < 4.78 is 1.82. The Morgan fingerprint density at radius 1 is 1.32 bits per heavy atom. The highest BCUT2D eigenvalue weighted by molar-refractivity contribution is 7.13. The molecule has 0 aromatic carbocycles. The number of aromatic nitrogens is 2. The first-order valence-electron chi connectivity index (χ1n) is 12.6. The van der Waals surface area contributed by atoms with Gasteiger partial charge in [-0.05, 0) is 37.0 Å². The lowest BCUT2D eigenvalue weighted by Gasteiger charge is -2.51. The Balaban J connectivity index is 1.36. The van der Waals surface area contributed by atoms with Crippen LogP contribution in [-0.2, 0) is 35.9 Å². The number of thiazole rings is 1. The zero-order valence-electron chi connectivity index (χ0n) is 22.0. The fourth-order valence-electron chi connectivity index (χ4n) is 5.08. The van der Waals surface area contributed by atoms with Crippen molar-refractivity contribution in [3.63, 3.8) is 0 Å². The number of anilines is 2. The minimum atomic E-state index is -1.56. The Kier molecular flexibility index (Phi) is 7.36. The largest absolute Gasteiger partial charge is 0.543 e. The molecule has 0 spiro atoms. The van der Waals surface area contributed by atoms with E-state index >= 15 is 0 Å². The molecular formula is C26H25N7O7S. The fourth-order valence-corrected chi connectivity index (χ4v) is 5.63. The van der Waals surface area contributed by atoms with E-state index in [-0.39, 0.29) is 34.6 Å². The van der Waals surface area contributed by atoms with E-state index in [1.807, 2.05) is 36.1 Å². The predicted molar refractivity (Wildman–Crippen MR) is 141 cm³/mol. The summed E-state index contributed by atoms with van der Waals surface area (Å²) in [6.45, 7) is 1.53. The van der Waals surface area contributed by atoms with Gasteiger partial charge in [0.25, 0.3) is 17.7 Å². The van der Waals surface area contributed by atoms with Crippen LogP contribution in [0.15, 0.2) is 58.0 Å². The maximum Gasteiger partial charge on any atom is 0.332 e. The number of aryl methyl sites for hydroxylation is 1. The number of oxime groups is 1. The molecule has 0 unspecified atom stereocenters. The minimum Gasteiger partial charge on any atom is -0.543 e. The first-order valence-corrected chi connectivity index (χ1v) is 13.5. The fraction of sp³-hybridized carbons (Fsp3) is 0.308. The molecule has 3 aliphatic rings. The molecule has 0 bridgehead atoms. The third kappa shape index (κ3) is 5.30. The zero-order chi connectivity index (χ0) is 29.4. The smallest absolute Gasteiger partial charge is 0.332 e. The third-order valence-electron chi connectivity index (χ3n) is 6.91. The third-order valence-corrected chi connectivity index (χ3v) is 7.58. The highest BCUT2D eigenvalue weighted by Crippen LogP contribution is 2.38. The summed E-state index contributed by atoms with van der Waals surface area (Å²) in [5.41, 5.74) is 6.44. The van der Waals surface area contributed by atoms with Crippen LogP contribution >= 0.6 is 11.3 Å². The van der Waals surface area contributed by atoms with Gasteiger partial charge in [-0.15, -0.1) is 11.3 Å². The van der Waals surface area contributed by atoms with Gasteiger partial charge in [0.1, 0.15) is 24.5 Å². The van der Waals surface area contributed by atoms with Crippen LogP contribution < -0.4 is 25.6 Å². The number of carboxylic acids is 1. The molecule has 0 saturated carbocycles. The first-order chi connectivity index (χ1) is 19.5. The van der Waals surface area contributed by atoms with Gasteiger partial charge in [-0.2, -0.15) is 0 Å². The molecule has 0 aliphatic carbocycles. The number of hydrogen-bond acceptors (Lipinski definition) is 11. The van der Waals surface area contributed by atoms with E-state index in [0.29, 0.717) is 30.5 Å². The maximum atomic E-state index is 13.1. The second-order valence-corrected chi connectivity index (χ2v) is 10.5. The number of carboxylic acid groups (broad SMARTS) is 1. The Morgan fingerprint density at radius 3 is 2.76 bits per heavy atom. The highest BCUT2D eigenvalue weighted by atomic mass is 32.1. The molecule has 2 aromatic heterocycles. The topological polar surface area (TPSA) is 191 Å². The van der Waals surface area contributed by atoms with Crippen molar-refractivity contribution in [1.29, 1.82) is 0 Å². The van der Waals surface area contributed by atoms with Gasteiger partial charge in [-0.3, -0.25) is 14.4 Å². The summed E-state index contributed by atoms with van der Waals surface area (Å²) in [6.07, 6.45) is 6.15. The van der Waals surface area contributed by atoms with Crippen molar-refractivity contribution in [2.75, 3.05) is 17.2 Å². The Labute approximate surface area is 237 Å². The van der Waals surface area contributed by atoms with Crippen LogP contribution in [0.3, 0.4) is 0 Å². The zero-order valence-corrected chi connectivity index (χ0v) is 22.8. The first kappa shape index (κ1) is 27.6. The molecule has 0 radical (unpaired) electrons. The molecular weight excluding hydrogens is 554 g/mol. The molecule has 2 saturated heterocycles. The molecule has 3 aliphatic heterocycles. The monoisotopic (exact) mass is 579 g/mol. The summed E-state index contributed by atoms with van der Waals surface area (Å²) in [7, 11) is 1.85. The van der Waals surface area contributed by atoms with Crippen LogP contribution in [-0.4, -0.2) is 63.9 Å². The van der Waals surface area contributed by atoms with Crippen molar-refractivity contribution >= 4 is 57.5 Å². The Hall–Kier alpha value is -4.92. The molecule has 5 rings (SSSR count). The number of aliphatic carboxylic acids is 1. The van der Waals surface area contributed by atoms with Gasteiger partial charge in [-0.1, -0.05) is 5.16 Å². The normalized spacial score (nSPS) is 21.6. The number of fused-ring (bicyclic) bond motifs is 1. The molecule has 14 nitrogen and oxygen atoms in total. The molecule has 15 heteroatoms. The quantitative estimate of drug-likeness (QED) is 0.0999. The van der Waals surface area contributed by atoms with Crippen molar-refractivity contribution < 1.29 is 38.5 Å². The van der Waals surface area contributed by atoms with Gasteiger partial charge >= 0.3 is 5.97 Å². The van der Waals surface area contributed by atoms with E-state index in [0.717, 1.165) is 28.8 Å². The summed E-state index contributed by atoms with van der Waals surface area (Å²) in [5, 5.41) is 19.9. The van der Waals surface area contributed by atoms with Gasteiger partial charge in [0.2, 0.25) is 0 Å². The van der Waals surface area contributed by atoms with Crippen LogP contribution in [0, 0.1) is 0 Å². The molecule has 41 heavy (non-hydrogen) atoms. The number of carbonyl (C=O) groups is 5. The van der Waals surface area contributed by atoms with Crippen molar-refractivity contribution in [3.8, 4) is 0 Å². The van der Waals surface area contributed by atoms with E-state index in [4.69, 9.17) is 5.73 Å². The number of carbonyl (C=O) groups excluding carboxylic acids is 5. The van der Waals surface area contributed by atoms with E-state index < -0.39 is 35.8 Å². The summed E-state index contributed by atoms with van der Waals surface area (Å²) in [6, 6.07) is 1.91. The molecule has 3 amide bonds. The Bertz CT molecular complexity index is 1580. The van der Waals surface area contributed by atoms with E-state index in [1.165, 1.54) is 11.5 Å². The van der Waals surface area contributed by atoms with Crippen LogP contribution in [0.1, 0.15) is 31.9 Å². The van der Waals surface area contributed by atoms with Crippen molar-refractivity contribution in [1.82, 2.24) is 15.2 Å². The lowest BCUT2D eigenvalue weighted by molar-refractivity contribution is -0.670. The number of nitrogen functional groups attached to an aromatic ring is 1. The summed E-state index contributed by atoms with van der Waals surface area (Å²) in [4.78, 5) is 74.0. The molecule has 2 aromatic rings. The number of β-lactam (4-membered cyclic amide) rings is 1. The molecule has 3 N–H and O–H groups in total. The minimum absolute atomic E-state index is 0.0438. The van der Waals surface area contributed by atoms with E-state index in [2.05, 4.69) is 20.3 Å². The lowest BCUT2D eigenvalue weighted by atomic mass is 9.82.